The lowest BCUT2D eigenvalue weighted by Gasteiger charge is -2.05. The van der Waals surface area contributed by atoms with Gasteiger partial charge in [0.25, 0.3) is 11.8 Å². The molecule has 0 aliphatic rings. The molecule has 27 heavy (non-hydrogen) atoms. The molecule has 2 N–H and O–H groups in total. The fourth-order valence-electron chi connectivity index (χ4n) is 2.20. The SMILES string of the molecule is O=C(Nc1nnc(CCNC(=O)c2ccccc2Cl)s1)c1ccc(Br)cc1. The van der Waals surface area contributed by atoms with Gasteiger partial charge in [0.2, 0.25) is 5.13 Å². The van der Waals surface area contributed by atoms with Crippen LogP contribution in [0.1, 0.15) is 25.7 Å². The number of benzene rings is 2. The molecule has 2 aromatic carbocycles. The monoisotopic (exact) mass is 464 g/mol. The molecule has 0 unspecified atom stereocenters. The molecule has 0 aliphatic heterocycles. The van der Waals surface area contributed by atoms with Crippen molar-refractivity contribution in [3.05, 3.63) is 74.2 Å². The lowest BCUT2D eigenvalue weighted by atomic mass is 10.2. The molecular formula is C18H14BrClN4O2S. The number of rotatable bonds is 6. The number of nitrogens with one attached hydrogen (secondary N) is 2. The highest BCUT2D eigenvalue weighted by Gasteiger charge is 2.12. The molecule has 0 aliphatic carbocycles. The molecule has 0 saturated carbocycles. The summed E-state index contributed by atoms with van der Waals surface area (Å²) in [5.41, 5.74) is 0.959. The Kier molecular flexibility index (Phi) is 6.54. The van der Waals surface area contributed by atoms with Crippen LogP contribution in [-0.4, -0.2) is 28.6 Å². The third-order valence-corrected chi connectivity index (χ3v) is 5.29. The average molecular weight is 466 g/mol. The summed E-state index contributed by atoms with van der Waals surface area (Å²) >= 11 is 10.6. The van der Waals surface area contributed by atoms with Crippen molar-refractivity contribution >= 4 is 55.8 Å². The van der Waals surface area contributed by atoms with E-state index in [9.17, 15) is 9.59 Å². The van der Waals surface area contributed by atoms with E-state index in [0.29, 0.717) is 39.3 Å². The van der Waals surface area contributed by atoms with E-state index in [1.165, 1.54) is 11.3 Å². The number of hydrogen-bond donors (Lipinski definition) is 2. The first-order chi connectivity index (χ1) is 13.0. The molecule has 6 nitrogen and oxygen atoms in total. The molecule has 0 saturated heterocycles. The van der Waals surface area contributed by atoms with Gasteiger partial charge in [-0.2, -0.15) is 0 Å². The summed E-state index contributed by atoms with van der Waals surface area (Å²) in [6.07, 6.45) is 0.502. The molecule has 138 valence electrons. The van der Waals surface area contributed by atoms with E-state index < -0.39 is 0 Å². The number of aromatic nitrogens is 2. The van der Waals surface area contributed by atoms with Crippen LogP contribution < -0.4 is 10.6 Å². The topological polar surface area (TPSA) is 84.0 Å². The normalized spacial score (nSPS) is 10.4. The van der Waals surface area contributed by atoms with Gasteiger partial charge >= 0.3 is 0 Å². The molecule has 0 radical (unpaired) electrons. The highest BCUT2D eigenvalue weighted by Crippen LogP contribution is 2.18. The second kappa shape index (κ2) is 9.07. The predicted molar refractivity (Wildman–Crippen MR) is 109 cm³/mol. The standard InChI is InChI=1S/C18H14BrClN4O2S/c19-12-7-5-11(6-8-12)16(25)22-18-24-23-15(27-18)9-10-21-17(26)13-3-1-2-4-14(13)20/h1-8H,9-10H2,(H,21,26)(H,22,24,25). The van der Waals surface area contributed by atoms with Crippen molar-refractivity contribution < 1.29 is 9.59 Å². The Balaban J connectivity index is 1.51. The van der Waals surface area contributed by atoms with E-state index in [2.05, 4.69) is 36.8 Å². The van der Waals surface area contributed by atoms with Gasteiger partial charge in [-0.1, -0.05) is 51.0 Å². The van der Waals surface area contributed by atoms with Gasteiger partial charge < -0.3 is 5.32 Å². The lowest BCUT2D eigenvalue weighted by Crippen LogP contribution is -2.25. The molecule has 0 bridgehead atoms. The molecule has 9 heteroatoms. The van der Waals surface area contributed by atoms with Crippen LogP contribution in [0.4, 0.5) is 5.13 Å². The summed E-state index contributed by atoms with van der Waals surface area (Å²) in [4.78, 5) is 24.3. The Morgan fingerprint density at radius 2 is 1.78 bits per heavy atom. The summed E-state index contributed by atoms with van der Waals surface area (Å²) in [6, 6.07) is 13.9. The van der Waals surface area contributed by atoms with Crippen LogP contribution in [0.3, 0.4) is 0 Å². The maximum Gasteiger partial charge on any atom is 0.257 e. The minimum Gasteiger partial charge on any atom is -0.352 e. The van der Waals surface area contributed by atoms with Gasteiger partial charge in [0, 0.05) is 23.0 Å². The van der Waals surface area contributed by atoms with Crippen molar-refractivity contribution in [3.8, 4) is 0 Å². The van der Waals surface area contributed by atoms with Crippen LogP contribution in [-0.2, 0) is 6.42 Å². The van der Waals surface area contributed by atoms with Gasteiger partial charge in [-0.3, -0.25) is 14.9 Å². The van der Waals surface area contributed by atoms with E-state index in [1.807, 2.05) is 0 Å². The summed E-state index contributed by atoms with van der Waals surface area (Å²) in [5, 5.41) is 15.0. The van der Waals surface area contributed by atoms with Gasteiger partial charge in [-0.25, -0.2) is 0 Å². The van der Waals surface area contributed by atoms with Crippen molar-refractivity contribution in [2.24, 2.45) is 0 Å². The average Bonchev–Trinajstić information content (AvgIpc) is 3.09. The molecule has 2 amide bonds. The zero-order valence-corrected chi connectivity index (χ0v) is 17.1. The Hall–Kier alpha value is -2.29. The smallest absolute Gasteiger partial charge is 0.257 e. The molecule has 0 spiro atoms. The van der Waals surface area contributed by atoms with Crippen molar-refractivity contribution in [2.75, 3.05) is 11.9 Å². The molecule has 3 aromatic rings. The maximum atomic E-state index is 12.2. The van der Waals surface area contributed by atoms with Crippen LogP contribution in [0, 0.1) is 0 Å². The van der Waals surface area contributed by atoms with Crippen LogP contribution >= 0.6 is 38.9 Å². The first-order valence-corrected chi connectivity index (χ1v) is 9.93. The number of carbonyl (C=O) groups excluding carboxylic acids is 2. The minimum atomic E-state index is -0.253. The summed E-state index contributed by atoms with van der Waals surface area (Å²) < 4.78 is 0.899. The predicted octanol–water partition coefficient (Wildman–Crippen LogP) is 4.18. The van der Waals surface area contributed by atoms with E-state index in [1.54, 1.807) is 48.5 Å². The van der Waals surface area contributed by atoms with E-state index in [-0.39, 0.29) is 11.8 Å². The number of anilines is 1. The summed E-state index contributed by atoms with van der Waals surface area (Å²) in [7, 11) is 0. The molecule has 1 heterocycles. The lowest BCUT2D eigenvalue weighted by molar-refractivity contribution is 0.0953. The van der Waals surface area contributed by atoms with Crippen LogP contribution in [0.2, 0.25) is 5.02 Å². The highest BCUT2D eigenvalue weighted by atomic mass is 79.9. The Labute approximate surface area is 173 Å². The van der Waals surface area contributed by atoms with E-state index in [0.717, 1.165) is 4.47 Å². The summed E-state index contributed by atoms with van der Waals surface area (Å²) in [5.74, 6) is -0.494. The number of nitrogens with zero attached hydrogens (tertiary/aromatic N) is 2. The Morgan fingerprint density at radius 3 is 2.52 bits per heavy atom. The van der Waals surface area contributed by atoms with Gasteiger partial charge in [0.15, 0.2) is 0 Å². The largest absolute Gasteiger partial charge is 0.352 e. The van der Waals surface area contributed by atoms with Crippen LogP contribution in [0.5, 0.6) is 0 Å². The van der Waals surface area contributed by atoms with Crippen molar-refractivity contribution in [3.63, 3.8) is 0 Å². The number of carbonyl (C=O) groups is 2. The third-order valence-electron chi connectivity index (χ3n) is 3.54. The van der Waals surface area contributed by atoms with Gasteiger partial charge in [-0.05, 0) is 36.4 Å². The van der Waals surface area contributed by atoms with Gasteiger partial charge in [0.1, 0.15) is 5.01 Å². The first kappa shape index (κ1) is 19.5. The minimum absolute atomic E-state index is 0.242. The first-order valence-electron chi connectivity index (χ1n) is 7.95. The molecule has 3 rings (SSSR count). The van der Waals surface area contributed by atoms with Crippen molar-refractivity contribution in [1.82, 2.24) is 15.5 Å². The van der Waals surface area contributed by atoms with Crippen LogP contribution in [0.15, 0.2) is 53.0 Å². The molecule has 0 fully saturated rings. The fourth-order valence-corrected chi connectivity index (χ4v) is 3.42. The Bertz CT molecular complexity index is 962. The Morgan fingerprint density at radius 1 is 1.04 bits per heavy atom. The fraction of sp³-hybridized carbons (Fsp3) is 0.111. The summed E-state index contributed by atoms with van der Waals surface area (Å²) in [6.45, 7) is 0.388. The second-order valence-corrected chi connectivity index (χ2v) is 7.83. The zero-order chi connectivity index (χ0) is 19.2. The molecule has 0 atom stereocenters. The zero-order valence-electron chi connectivity index (χ0n) is 13.9. The molecule has 1 aromatic heterocycles. The number of amides is 2. The van der Waals surface area contributed by atoms with Crippen molar-refractivity contribution in [1.29, 1.82) is 0 Å². The molecular weight excluding hydrogens is 452 g/mol. The second-order valence-electron chi connectivity index (χ2n) is 5.45. The van der Waals surface area contributed by atoms with Gasteiger partial charge in [0.05, 0.1) is 10.6 Å². The number of halogens is 2. The maximum absolute atomic E-state index is 12.2. The van der Waals surface area contributed by atoms with Crippen LogP contribution in [0.25, 0.3) is 0 Å². The van der Waals surface area contributed by atoms with E-state index in [4.69, 9.17) is 11.6 Å². The number of hydrogen-bond acceptors (Lipinski definition) is 5. The highest BCUT2D eigenvalue weighted by molar-refractivity contribution is 9.10. The quantitative estimate of drug-likeness (QED) is 0.572. The third kappa shape index (κ3) is 5.35. The van der Waals surface area contributed by atoms with Crippen molar-refractivity contribution in [2.45, 2.75) is 6.42 Å². The van der Waals surface area contributed by atoms with E-state index >= 15 is 0 Å². The van der Waals surface area contributed by atoms with Gasteiger partial charge in [-0.15, -0.1) is 10.2 Å².